The number of carbonyl (C=O) groups is 2. The van der Waals surface area contributed by atoms with Gasteiger partial charge in [0, 0.05) is 10.0 Å². The molecule has 1 unspecified atom stereocenters. The lowest BCUT2D eigenvalue weighted by Gasteiger charge is -2.33. The van der Waals surface area contributed by atoms with Crippen LogP contribution in [0.3, 0.4) is 0 Å². The van der Waals surface area contributed by atoms with Gasteiger partial charge in [-0.25, -0.2) is 9.29 Å². The van der Waals surface area contributed by atoms with Gasteiger partial charge in [-0.2, -0.15) is 0 Å². The van der Waals surface area contributed by atoms with Crippen molar-refractivity contribution in [3.63, 3.8) is 0 Å². The molecule has 19 heavy (non-hydrogen) atoms. The minimum atomic E-state index is -0.573. The topological polar surface area (TPSA) is 37.4 Å². The van der Waals surface area contributed by atoms with Crippen molar-refractivity contribution in [3.8, 4) is 0 Å². The van der Waals surface area contributed by atoms with Crippen LogP contribution in [0.4, 0.5) is 10.1 Å². The number of benzene rings is 1. The normalized spacial score (nSPS) is 22.5. The monoisotopic (exact) mass is 323 g/mol. The Balaban J connectivity index is 2.07. The summed E-state index contributed by atoms with van der Waals surface area (Å²) in [5.41, 5.74) is 0.661. The number of rotatable bonds is 1. The number of nitrogens with zero attached hydrogens (tertiary/aromatic N) is 1. The van der Waals surface area contributed by atoms with Gasteiger partial charge in [0.05, 0.1) is 11.6 Å². The van der Waals surface area contributed by atoms with E-state index in [1.807, 2.05) is 0 Å². The number of fused-ring (bicyclic) bond motifs is 1. The van der Waals surface area contributed by atoms with E-state index in [9.17, 15) is 14.0 Å². The molecule has 3 nitrogen and oxygen atoms in total. The van der Waals surface area contributed by atoms with Gasteiger partial charge in [0.15, 0.2) is 0 Å². The lowest BCUT2D eigenvalue weighted by molar-refractivity contribution is -0.128. The van der Waals surface area contributed by atoms with Crippen molar-refractivity contribution in [2.24, 2.45) is 5.92 Å². The molecule has 1 aromatic rings. The Kier molecular flexibility index (Phi) is 3.01. The SMILES string of the molecule is O=C1C2=CC(CCC2)C(=O)N1c1ccc(Br)cc1F. The molecule has 0 saturated heterocycles. The van der Waals surface area contributed by atoms with Gasteiger partial charge >= 0.3 is 0 Å². The van der Waals surface area contributed by atoms with Gasteiger partial charge in [0.1, 0.15) is 5.82 Å². The van der Waals surface area contributed by atoms with Crippen LogP contribution in [0, 0.1) is 11.7 Å². The summed E-state index contributed by atoms with van der Waals surface area (Å²) in [4.78, 5) is 25.5. The summed E-state index contributed by atoms with van der Waals surface area (Å²) >= 11 is 3.16. The van der Waals surface area contributed by atoms with Gasteiger partial charge < -0.3 is 0 Å². The Morgan fingerprint density at radius 3 is 2.84 bits per heavy atom. The molecule has 0 aromatic heterocycles. The summed E-state index contributed by atoms with van der Waals surface area (Å²) in [7, 11) is 0. The van der Waals surface area contributed by atoms with Crippen molar-refractivity contribution in [1.82, 2.24) is 0 Å². The van der Waals surface area contributed by atoms with E-state index >= 15 is 0 Å². The first-order valence-corrected chi connectivity index (χ1v) is 6.91. The average Bonchev–Trinajstić information content (AvgIpc) is 2.40. The van der Waals surface area contributed by atoms with E-state index in [0.717, 1.165) is 17.7 Å². The highest BCUT2D eigenvalue weighted by molar-refractivity contribution is 9.10. The van der Waals surface area contributed by atoms with Crippen molar-refractivity contribution >= 4 is 33.4 Å². The van der Waals surface area contributed by atoms with Gasteiger partial charge in [-0.05, 0) is 37.5 Å². The lowest BCUT2D eigenvalue weighted by atomic mass is 9.85. The zero-order valence-corrected chi connectivity index (χ0v) is 11.6. The molecule has 0 fully saturated rings. The standard InChI is InChI=1S/C14H11BrFNO2/c15-10-4-5-12(11(16)7-10)17-13(18)8-2-1-3-9(6-8)14(17)19/h4-8H,1-3H2. The van der Waals surface area contributed by atoms with Crippen molar-refractivity contribution in [2.75, 3.05) is 4.90 Å². The Morgan fingerprint density at radius 1 is 1.32 bits per heavy atom. The molecule has 1 atom stereocenters. The summed E-state index contributed by atoms with van der Waals surface area (Å²) in [6.45, 7) is 0. The molecule has 1 heterocycles. The molecule has 0 spiro atoms. The van der Waals surface area contributed by atoms with Crippen LogP contribution in [-0.4, -0.2) is 11.8 Å². The van der Waals surface area contributed by atoms with Crippen LogP contribution in [0.2, 0.25) is 0 Å². The number of halogens is 2. The first-order chi connectivity index (χ1) is 9.08. The second-order valence-electron chi connectivity index (χ2n) is 4.77. The average molecular weight is 324 g/mol. The van der Waals surface area contributed by atoms with Crippen LogP contribution >= 0.6 is 15.9 Å². The van der Waals surface area contributed by atoms with E-state index in [-0.39, 0.29) is 23.4 Å². The number of hydrogen-bond donors (Lipinski definition) is 0. The van der Waals surface area contributed by atoms with Gasteiger partial charge in [0.2, 0.25) is 5.91 Å². The maximum Gasteiger partial charge on any atom is 0.260 e. The maximum atomic E-state index is 14.0. The fourth-order valence-corrected chi connectivity index (χ4v) is 2.93. The summed E-state index contributed by atoms with van der Waals surface area (Å²) in [6.07, 6.45) is 3.97. The molecular formula is C14H11BrFNO2. The quantitative estimate of drug-likeness (QED) is 0.744. The third-order valence-corrected chi connectivity index (χ3v) is 4.02. The largest absolute Gasteiger partial charge is 0.273 e. The molecule has 2 bridgehead atoms. The van der Waals surface area contributed by atoms with Crippen LogP contribution in [0.1, 0.15) is 19.3 Å². The zero-order chi connectivity index (χ0) is 13.6. The summed E-state index contributed by atoms with van der Waals surface area (Å²) in [6, 6.07) is 4.34. The zero-order valence-electron chi connectivity index (χ0n) is 10.0. The van der Waals surface area contributed by atoms with Crippen LogP contribution in [0.25, 0.3) is 0 Å². The number of carbonyl (C=O) groups excluding carboxylic acids is 2. The number of hydrogen-bond acceptors (Lipinski definition) is 2. The van der Waals surface area contributed by atoms with Crippen LogP contribution in [-0.2, 0) is 9.59 Å². The van der Waals surface area contributed by atoms with E-state index in [1.54, 1.807) is 12.1 Å². The van der Waals surface area contributed by atoms with Crippen molar-refractivity contribution in [3.05, 3.63) is 40.1 Å². The van der Waals surface area contributed by atoms with Gasteiger partial charge in [-0.3, -0.25) is 9.59 Å². The van der Waals surface area contributed by atoms with Crippen molar-refractivity contribution < 1.29 is 14.0 Å². The molecule has 0 N–H and O–H groups in total. The van der Waals surface area contributed by atoms with E-state index in [1.165, 1.54) is 12.1 Å². The Bertz CT molecular complexity index is 611. The smallest absolute Gasteiger partial charge is 0.260 e. The van der Waals surface area contributed by atoms with Crippen LogP contribution in [0.5, 0.6) is 0 Å². The Labute approximate surface area is 118 Å². The highest BCUT2D eigenvalue weighted by Gasteiger charge is 2.39. The van der Waals surface area contributed by atoms with E-state index < -0.39 is 5.82 Å². The third-order valence-electron chi connectivity index (χ3n) is 3.53. The van der Waals surface area contributed by atoms with Crippen LogP contribution < -0.4 is 4.90 Å². The van der Waals surface area contributed by atoms with Crippen molar-refractivity contribution in [2.45, 2.75) is 19.3 Å². The fourth-order valence-electron chi connectivity index (χ4n) is 2.60. The van der Waals surface area contributed by atoms with E-state index in [4.69, 9.17) is 0 Å². The minimum Gasteiger partial charge on any atom is -0.273 e. The predicted octanol–water partition coefficient (Wildman–Crippen LogP) is 3.19. The molecule has 0 saturated carbocycles. The third kappa shape index (κ3) is 2.02. The molecule has 1 aliphatic heterocycles. The second kappa shape index (κ2) is 4.56. The summed E-state index contributed by atoms with van der Waals surface area (Å²) in [5.74, 6) is -1.57. The fraction of sp³-hybridized carbons (Fsp3) is 0.286. The highest BCUT2D eigenvalue weighted by atomic mass is 79.9. The molecule has 1 aliphatic carbocycles. The van der Waals surface area contributed by atoms with Gasteiger partial charge in [0.25, 0.3) is 5.91 Å². The first kappa shape index (κ1) is 12.5. The second-order valence-corrected chi connectivity index (χ2v) is 5.68. The van der Waals surface area contributed by atoms with E-state index in [2.05, 4.69) is 15.9 Å². The minimum absolute atomic E-state index is 0.0377. The molecule has 5 heteroatoms. The number of anilines is 1. The summed E-state index contributed by atoms with van der Waals surface area (Å²) in [5, 5.41) is 0. The van der Waals surface area contributed by atoms with Gasteiger partial charge in [-0.15, -0.1) is 0 Å². The molecule has 98 valence electrons. The molecule has 3 rings (SSSR count). The molecule has 0 radical (unpaired) electrons. The van der Waals surface area contributed by atoms with E-state index in [0.29, 0.717) is 16.5 Å². The van der Waals surface area contributed by atoms with Crippen LogP contribution in [0.15, 0.2) is 34.3 Å². The molecule has 2 amide bonds. The predicted molar refractivity (Wildman–Crippen MR) is 72.0 cm³/mol. The number of imide groups is 1. The Morgan fingerprint density at radius 2 is 2.11 bits per heavy atom. The number of amides is 2. The molecule has 1 aromatic carbocycles. The Hall–Kier alpha value is -1.49. The molecular weight excluding hydrogens is 313 g/mol. The first-order valence-electron chi connectivity index (χ1n) is 6.12. The van der Waals surface area contributed by atoms with Gasteiger partial charge in [-0.1, -0.05) is 22.0 Å². The highest BCUT2D eigenvalue weighted by Crippen LogP contribution is 2.35. The maximum absolute atomic E-state index is 14.0. The van der Waals surface area contributed by atoms with Crippen molar-refractivity contribution in [1.29, 1.82) is 0 Å². The molecule has 2 aliphatic rings. The summed E-state index contributed by atoms with van der Waals surface area (Å²) < 4.78 is 14.5. The lowest BCUT2D eigenvalue weighted by Crippen LogP contribution is -2.46.